The van der Waals surface area contributed by atoms with Gasteiger partial charge in [-0.2, -0.15) is 5.10 Å². The summed E-state index contributed by atoms with van der Waals surface area (Å²) in [7, 11) is 7.44. The SMILES string of the molecule is Cc1nn(C)c2nc(-c3ccccc3)cc(C(=O)OCC(=O)N(C)Cc3ccc(N(C)C)cc3)c12. The molecule has 35 heavy (non-hydrogen) atoms. The molecule has 0 unspecified atom stereocenters. The van der Waals surface area contributed by atoms with Crippen molar-refractivity contribution >= 4 is 28.6 Å². The number of benzene rings is 2. The Kier molecular flexibility index (Phi) is 6.82. The first-order chi connectivity index (χ1) is 16.7. The summed E-state index contributed by atoms with van der Waals surface area (Å²) in [4.78, 5) is 34.1. The number of aromatic nitrogens is 3. The Morgan fingerprint density at radius 2 is 1.69 bits per heavy atom. The first kappa shape index (κ1) is 23.9. The summed E-state index contributed by atoms with van der Waals surface area (Å²) in [5, 5.41) is 5.05. The van der Waals surface area contributed by atoms with Gasteiger partial charge in [0.15, 0.2) is 12.3 Å². The summed E-state index contributed by atoms with van der Waals surface area (Å²) >= 11 is 0. The summed E-state index contributed by atoms with van der Waals surface area (Å²) in [5.41, 5.74) is 5.19. The summed E-state index contributed by atoms with van der Waals surface area (Å²) in [6.07, 6.45) is 0. The number of aryl methyl sites for hydroxylation is 2. The van der Waals surface area contributed by atoms with E-state index in [1.807, 2.05) is 80.5 Å². The average molecular weight is 472 g/mol. The number of carbonyl (C=O) groups is 2. The number of rotatable bonds is 7. The van der Waals surface area contributed by atoms with Crippen LogP contribution >= 0.6 is 0 Å². The van der Waals surface area contributed by atoms with Crippen LogP contribution in [0.25, 0.3) is 22.3 Å². The van der Waals surface area contributed by atoms with Crippen molar-refractivity contribution in [1.29, 1.82) is 0 Å². The van der Waals surface area contributed by atoms with Crippen molar-refractivity contribution in [3.8, 4) is 11.3 Å². The Labute approximate surface area is 204 Å². The maximum Gasteiger partial charge on any atom is 0.339 e. The van der Waals surface area contributed by atoms with Gasteiger partial charge in [-0.05, 0) is 30.7 Å². The van der Waals surface area contributed by atoms with Gasteiger partial charge in [0.2, 0.25) is 0 Å². The molecule has 8 heteroatoms. The van der Waals surface area contributed by atoms with Crippen LogP contribution in [0.5, 0.6) is 0 Å². The molecule has 0 bridgehead atoms. The highest BCUT2D eigenvalue weighted by Crippen LogP contribution is 2.27. The predicted octanol–water partition coefficient (Wildman–Crippen LogP) is 3.83. The molecule has 2 aromatic carbocycles. The molecule has 0 radical (unpaired) electrons. The standard InChI is InChI=1S/C27H29N5O3/c1-18-25-22(15-23(20-9-7-6-8-10-20)28-26(25)32(5)29-18)27(34)35-17-24(33)31(4)16-19-11-13-21(14-12-19)30(2)3/h6-15H,16-17H2,1-5H3. The molecule has 0 atom stereocenters. The molecule has 0 aliphatic rings. The van der Waals surface area contributed by atoms with Gasteiger partial charge in [-0.15, -0.1) is 0 Å². The van der Waals surface area contributed by atoms with Crippen LogP contribution in [0.3, 0.4) is 0 Å². The zero-order chi connectivity index (χ0) is 25.1. The van der Waals surface area contributed by atoms with Gasteiger partial charge >= 0.3 is 5.97 Å². The number of carbonyl (C=O) groups excluding carboxylic acids is 2. The quantitative estimate of drug-likeness (QED) is 0.381. The lowest BCUT2D eigenvalue weighted by Crippen LogP contribution is -2.30. The van der Waals surface area contributed by atoms with E-state index in [1.54, 1.807) is 29.7 Å². The molecule has 2 aromatic heterocycles. The molecule has 0 saturated heterocycles. The highest BCUT2D eigenvalue weighted by molar-refractivity contribution is 6.05. The topological polar surface area (TPSA) is 80.6 Å². The van der Waals surface area contributed by atoms with Crippen LogP contribution in [0, 0.1) is 6.92 Å². The number of amides is 1. The average Bonchev–Trinajstić information content (AvgIpc) is 3.15. The number of ether oxygens (including phenoxy) is 1. The Balaban J connectivity index is 1.50. The molecule has 8 nitrogen and oxygen atoms in total. The predicted molar refractivity (Wildman–Crippen MR) is 136 cm³/mol. The Hall–Kier alpha value is -4.20. The fourth-order valence-corrected chi connectivity index (χ4v) is 3.94. The second-order valence-electron chi connectivity index (χ2n) is 8.72. The number of nitrogens with zero attached hydrogens (tertiary/aromatic N) is 5. The van der Waals surface area contributed by atoms with Crippen LogP contribution in [0.15, 0.2) is 60.7 Å². The fourth-order valence-electron chi connectivity index (χ4n) is 3.94. The molecular formula is C27H29N5O3. The normalized spacial score (nSPS) is 10.9. The molecule has 4 aromatic rings. The smallest absolute Gasteiger partial charge is 0.339 e. The highest BCUT2D eigenvalue weighted by Gasteiger charge is 2.21. The minimum Gasteiger partial charge on any atom is -0.452 e. The van der Waals surface area contributed by atoms with Crippen molar-refractivity contribution < 1.29 is 14.3 Å². The van der Waals surface area contributed by atoms with Gasteiger partial charge in [-0.25, -0.2) is 9.78 Å². The van der Waals surface area contributed by atoms with E-state index in [0.29, 0.717) is 34.5 Å². The summed E-state index contributed by atoms with van der Waals surface area (Å²) < 4.78 is 7.11. The van der Waals surface area contributed by atoms with Crippen LogP contribution in [-0.4, -0.2) is 59.3 Å². The van der Waals surface area contributed by atoms with E-state index in [4.69, 9.17) is 9.72 Å². The van der Waals surface area contributed by atoms with Crippen LogP contribution in [0.4, 0.5) is 5.69 Å². The zero-order valence-corrected chi connectivity index (χ0v) is 20.6. The molecule has 0 aliphatic heterocycles. The van der Waals surface area contributed by atoms with Gasteiger partial charge in [0, 0.05) is 46.0 Å². The van der Waals surface area contributed by atoms with Crippen LogP contribution in [0.2, 0.25) is 0 Å². The van der Waals surface area contributed by atoms with Crippen molar-refractivity contribution in [1.82, 2.24) is 19.7 Å². The van der Waals surface area contributed by atoms with Crippen molar-refractivity contribution in [2.45, 2.75) is 13.5 Å². The van der Waals surface area contributed by atoms with E-state index in [-0.39, 0.29) is 12.5 Å². The highest BCUT2D eigenvalue weighted by atomic mass is 16.5. The van der Waals surface area contributed by atoms with Crippen molar-refractivity contribution in [2.75, 3.05) is 32.6 Å². The van der Waals surface area contributed by atoms with Crippen molar-refractivity contribution in [3.63, 3.8) is 0 Å². The van der Waals surface area contributed by atoms with E-state index in [1.165, 1.54) is 0 Å². The minimum absolute atomic E-state index is 0.286. The molecule has 4 rings (SSSR count). The monoisotopic (exact) mass is 471 g/mol. The van der Waals surface area contributed by atoms with Gasteiger partial charge < -0.3 is 14.5 Å². The number of esters is 1. The molecule has 0 saturated carbocycles. The third kappa shape index (κ3) is 5.16. The second kappa shape index (κ2) is 9.97. The first-order valence-corrected chi connectivity index (χ1v) is 11.3. The van der Waals surface area contributed by atoms with Gasteiger partial charge in [-0.1, -0.05) is 42.5 Å². The van der Waals surface area contributed by atoms with E-state index in [0.717, 1.165) is 16.8 Å². The van der Waals surface area contributed by atoms with Gasteiger partial charge in [0.25, 0.3) is 5.91 Å². The lowest BCUT2D eigenvalue weighted by atomic mass is 10.1. The van der Waals surface area contributed by atoms with Crippen molar-refractivity contribution in [3.05, 3.63) is 77.5 Å². The Morgan fingerprint density at radius 3 is 2.34 bits per heavy atom. The van der Waals surface area contributed by atoms with E-state index < -0.39 is 5.97 Å². The molecule has 180 valence electrons. The number of hydrogen-bond donors (Lipinski definition) is 0. The summed E-state index contributed by atoms with van der Waals surface area (Å²) in [5.74, 6) is -0.866. The number of hydrogen-bond acceptors (Lipinski definition) is 6. The Morgan fingerprint density at radius 1 is 1.00 bits per heavy atom. The number of pyridine rings is 1. The summed E-state index contributed by atoms with van der Waals surface area (Å²) in [6, 6.07) is 19.3. The number of anilines is 1. The van der Waals surface area contributed by atoms with Gasteiger partial charge in [-0.3, -0.25) is 9.48 Å². The largest absolute Gasteiger partial charge is 0.452 e. The number of fused-ring (bicyclic) bond motifs is 1. The van der Waals surface area contributed by atoms with Crippen LogP contribution < -0.4 is 4.90 Å². The molecule has 0 fully saturated rings. The van der Waals surface area contributed by atoms with E-state index in [2.05, 4.69) is 5.10 Å². The van der Waals surface area contributed by atoms with Crippen molar-refractivity contribution in [2.24, 2.45) is 7.05 Å². The second-order valence-corrected chi connectivity index (χ2v) is 8.72. The first-order valence-electron chi connectivity index (χ1n) is 11.3. The maximum absolute atomic E-state index is 13.1. The van der Waals surface area contributed by atoms with Crippen LogP contribution in [0.1, 0.15) is 21.6 Å². The third-order valence-electron chi connectivity index (χ3n) is 5.88. The molecule has 2 heterocycles. The number of likely N-dealkylation sites (N-methyl/N-ethyl adjacent to an activating group) is 1. The van der Waals surface area contributed by atoms with Gasteiger partial charge in [0.05, 0.1) is 22.3 Å². The third-order valence-corrected chi connectivity index (χ3v) is 5.88. The molecule has 0 N–H and O–H groups in total. The summed E-state index contributed by atoms with van der Waals surface area (Å²) in [6.45, 7) is 1.89. The Bertz CT molecular complexity index is 1360. The van der Waals surface area contributed by atoms with E-state index >= 15 is 0 Å². The van der Waals surface area contributed by atoms with Gasteiger partial charge in [0.1, 0.15) is 0 Å². The lowest BCUT2D eigenvalue weighted by molar-refractivity contribution is -0.133. The molecule has 0 spiro atoms. The van der Waals surface area contributed by atoms with Crippen LogP contribution in [-0.2, 0) is 23.1 Å². The lowest BCUT2D eigenvalue weighted by Gasteiger charge is -2.18. The van der Waals surface area contributed by atoms with E-state index in [9.17, 15) is 9.59 Å². The maximum atomic E-state index is 13.1. The molecule has 0 aliphatic carbocycles. The zero-order valence-electron chi connectivity index (χ0n) is 20.6. The molecular weight excluding hydrogens is 442 g/mol. The molecule has 1 amide bonds. The fraction of sp³-hybridized carbons (Fsp3) is 0.259. The minimum atomic E-state index is -0.581.